The van der Waals surface area contributed by atoms with Crippen LogP contribution in [0.1, 0.15) is 22.3 Å². The van der Waals surface area contributed by atoms with Gasteiger partial charge in [-0.1, -0.05) is 54.1 Å². The molecule has 3 nitrogen and oxygen atoms in total. The quantitative estimate of drug-likeness (QED) is 0.938. The van der Waals surface area contributed by atoms with E-state index in [-0.39, 0.29) is 11.9 Å². The van der Waals surface area contributed by atoms with Gasteiger partial charge in [0.1, 0.15) is 0 Å². The minimum atomic E-state index is -0.0860. The van der Waals surface area contributed by atoms with Crippen molar-refractivity contribution in [3.63, 3.8) is 0 Å². The molecule has 114 valence electrons. The molecule has 2 aromatic rings. The maximum atomic E-state index is 12.3. The second-order valence-electron chi connectivity index (χ2n) is 5.66. The number of hydrogen-bond donors (Lipinski definition) is 1. The number of carbonyl (C=O) groups is 1. The third-order valence-corrected chi connectivity index (χ3v) is 4.30. The molecule has 0 spiro atoms. The number of hydrogen-bond acceptors (Lipinski definition) is 2. The lowest BCUT2D eigenvalue weighted by Gasteiger charge is -2.17. The van der Waals surface area contributed by atoms with E-state index in [1.54, 1.807) is 12.1 Å². The highest BCUT2D eigenvalue weighted by atomic mass is 35.5. The Kier molecular flexibility index (Phi) is 4.76. The van der Waals surface area contributed by atoms with Crippen molar-refractivity contribution in [2.45, 2.75) is 19.0 Å². The van der Waals surface area contributed by atoms with Crippen LogP contribution in [0.5, 0.6) is 0 Å². The SMILES string of the molecule is O=C(NC1CCN(Cc2ccccc2)C1)c1ccccc1Cl. The van der Waals surface area contributed by atoms with Crippen molar-refractivity contribution in [3.05, 3.63) is 70.7 Å². The van der Waals surface area contributed by atoms with Crippen LogP contribution in [-0.4, -0.2) is 29.9 Å². The lowest BCUT2D eigenvalue weighted by atomic mass is 10.2. The van der Waals surface area contributed by atoms with E-state index in [0.29, 0.717) is 10.6 Å². The molecule has 1 unspecified atom stereocenters. The summed E-state index contributed by atoms with van der Waals surface area (Å²) in [5.74, 6) is -0.0860. The molecule has 22 heavy (non-hydrogen) atoms. The van der Waals surface area contributed by atoms with E-state index in [9.17, 15) is 4.79 Å². The van der Waals surface area contributed by atoms with Crippen LogP contribution < -0.4 is 5.32 Å². The molecule has 1 heterocycles. The van der Waals surface area contributed by atoms with Crippen LogP contribution in [0.3, 0.4) is 0 Å². The number of carbonyl (C=O) groups excluding carboxylic acids is 1. The predicted molar refractivity (Wildman–Crippen MR) is 89.0 cm³/mol. The first-order valence-electron chi connectivity index (χ1n) is 7.54. The zero-order valence-electron chi connectivity index (χ0n) is 12.3. The highest BCUT2D eigenvalue weighted by Crippen LogP contribution is 2.17. The standard InChI is InChI=1S/C18H19ClN2O/c19-17-9-5-4-8-16(17)18(22)20-15-10-11-21(13-15)12-14-6-2-1-3-7-14/h1-9,15H,10-13H2,(H,20,22). The molecule has 1 saturated heterocycles. The normalized spacial score (nSPS) is 18.3. The summed E-state index contributed by atoms with van der Waals surface area (Å²) in [5.41, 5.74) is 1.85. The number of amides is 1. The summed E-state index contributed by atoms with van der Waals surface area (Å²) in [6.07, 6.45) is 0.975. The lowest BCUT2D eigenvalue weighted by Crippen LogP contribution is -2.37. The largest absolute Gasteiger partial charge is 0.348 e. The first-order chi connectivity index (χ1) is 10.7. The lowest BCUT2D eigenvalue weighted by molar-refractivity contribution is 0.0938. The van der Waals surface area contributed by atoms with Crippen LogP contribution in [0.4, 0.5) is 0 Å². The number of nitrogens with zero attached hydrogens (tertiary/aromatic N) is 1. The van der Waals surface area contributed by atoms with Gasteiger partial charge in [-0.05, 0) is 24.1 Å². The molecule has 1 aliphatic rings. The fourth-order valence-corrected chi connectivity index (χ4v) is 3.07. The van der Waals surface area contributed by atoms with Gasteiger partial charge in [0.25, 0.3) is 5.91 Å². The van der Waals surface area contributed by atoms with Crippen LogP contribution in [0.2, 0.25) is 5.02 Å². The number of halogens is 1. The van der Waals surface area contributed by atoms with Gasteiger partial charge in [0.05, 0.1) is 10.6 Å². The van der Waals surface area contributed by atoms with Crippen LogP contribution in [0.15, 0.2) is 54.6 Å². The topological polar surface area (TPSA) is 32.3 Å². The van der Waals surface area contributed by atoms with Gasteiger partial charge in [0.2, 0.25) is 0 Å². The fraction of sp³-hybridized carbons (Fsp3) is 0.278. The van der Waals surface area contributed by atoms with E-state index >= 15 is 0 Å². The Morgan fingerprint density at radius 1 is 1.14 bits per heavy atom. The summed E-state index contributed by atoms with van der Waals surface area (Å²) in [6.45, 7) is 2.81. The Labute approximate surface area is 135 Å². The third kappa shape index (κ3) is 3.67. The molecule has 2 aromatic carbocycles. The second-order valence-corrected chi connectivity index (χ2v) is 6.07. The summed E-state index contributed by atoms with van der Waals surface area (Å²) in [5, 5.41) is 3.59. The van der Waals surface area contributed by atoms with Crippen molar-refractivity contribution in [3.8, 4) is 0 Å². The van der Waals surface area contributed by atoms with Crippen molar-refractivity contribution >= 4 is 17.5 Å². The van der Waals surface area contributed by atoms with Crippen molar-refractivity contribution in [1.82, 2.24) is 10.2 Å². The molecule has 1 amide bonds. The highest BCUT2D eigenvalue weighted by molar-refractivity contribution is 6.33. The molecule has 1 fully saturated rings. The van der Waals surface area contributed by atoms with Gasteiger partial charge in [0, 0.05) is 25.7 Å². The monoisotopic (exact) mass is 314 g/mol. The van der Waals surface area contributed by atoms with Gasteiger partial charge in [-0.15, -0.1) is 0 Å². The molecule has 1 aliphatic heterocycles. The summed E-state index contributed by atoms with van der Waals surface area (Å²) in [7, 11) is 0. The van der Waals surface area contributed by atoms with Crippen LogP contribution in [0.25, 0.3) is 0 Å². The molecular formula is C18H19ClN2O. The van der Waals surface area contributed by atoms with Crippen molar-refractivity contribution < 1.29 is 4.79 Å². The van der Waals surface area contributed by atoms with Crippen LogP contribution >= 0.6 is 11.6 Å². The van der Waals surface area contributed by atoms with Gasteiger partial charge in [-0.25, -0.2) is 0 Å². The minimum absolute atomic E-state index is 0.0860. The molecule has 4 heteroatoms. The second kappa shape index (κ2) is 6.95. The van der Waals surface area contributed by atoms with E-state index < -0.39 is 0 Å². The number of likely N-dealkylation sites (tertiary alicyclic amines) is 1. The molecule has 0 radical (unpaired) electrons. The van der Waals surface area contributed by atoms with Crippen molar-refractivity contribution in [2.24, 2.45) is 0 Å². The van der Waals surface area contributed by atoms with Crippen molar-refractivity contribution in [2.75, 3.05) is 13.1 Å². The van der Waals surface area contributed by atoms with E-state index in [1.807, 2.05) is 18.2 Å². The Balaban J connectivity index is 1.55. The summed E-state index contributed by atoms with van der Waals surface area (Å²) in [4.78, 5) is 14.6. The van der Waals surface area contributed by atoms with Gasteiger partial charge < -0.3 is 5.32 Å². The Bertz CT molecular complexity index is 645. The van der Waals surface area contributed by atoms with E-state index in [1.165, 1.54) is 5.56 Å². The van der Waals surface area contributed by atoms with E-state index in [4.69, 9.17) is 11.6 Å². The Hall–Kier alpha value is -1.84. The van der Waals surface area contributed by atoms with Crippen LogP contribution in [0, 0.1) is 0 Å². The van der Waals surface area contributed by atoms with E-state index in [2.05, 4.69) is 34.5 Å². The smallest absolute Gasteiger partial charge is 0.253 e. The van der Waals surface area contributed by atoms with Crippen LogP contribution in [-0.2, 0) is 6.54 Å². The summed E-state index contributed by atoms with van der Waals surface area (Å²) < 4.78 is 0. The highest BCUT2D eigenvalue weighted by Gasteiger charge is 2.24. The first kappa shape index (κ1) is 15.1. The molecule has 0 bridgehead atoms. The Morgan fingerprint density at radius 3 is 2.64 bits per heavy atom. The molecule has 0 aromatic heterocycles. The Morgan fingerprint density at radius 2 is 1.86 bits per heavy atom. The average Bonchev–Trinajstić information content (AvgIpc) is 2.95. The maximum absolute atomic E-state index is 12.3. The maximum Gasteiger partial charge on any atom is 0.253 e. The molecular weight excluding hydrogens is 296 g/mol. The van der Waals surface area contributed by atoms with E-state index in [0.717, 1.165) is 26.1 Å². The fourth-order valence-electron chi connectivity index (χ4n) is 2.84. The summed E-state index contributed by atoms with van der Waals surface area (Å²) >= 11 is 6.07. The van der Waals surface area contributed by atoms with Gasteiger partial charge >= 0.3 is 0 Å². The predicted octanol–water partition coefficient (Wildman–Crippen LogP) is 3.34. The molecule has 1 atom stereocenters. The molecule has 0 aliphatic carbocycles. The van der Waals surface area contributed by atoms with Crippen molar-refractivity contribution in [1.29, 1.82) is 0 Å². The van der Waals surface area contributed by atoms with Gasteiger partial charge in [0.15, 0.2) is 0 Å². The van der Waals surface area contributed by atoms with Gasteiger partial charge in [-0.2, -0.15) is 0 Å². The zero-order chi connectivity index (χ0) is 15.4. The minimum Gasteiger partial charge on any atom is -0.348 e. The number of rotatable bonds is 4. The molecule has 1 N–H and O–H groups in total. The summed E-state index contributed by atoms with van der Waals surface area (Å²) in [6, 6.07) is 17.8. The zero-order valence-corrected chi connectivity index (χ0v) is 13.1. The average molecular weight is 315 g/mol. The number of benzene rings is 2. The molecule has 3 rings (SSSR count). The third-order valence-electron chi connectivity index (χ3n) is 3.98. The van der Waals surface area contributed by atoms with Gasteiger partial charge in [-0.3, -0.25) is 9.69 Å². The molecule has 0 saturated carbocycles. The first-order valence-corrected chi connectivity index (χ1v) is 7.92. The number of nitrogens with one attached hydrogen (secondary N) is 1.